The molecule has 5 unspecified atom stereocenters. The van der Waals surface area contributed by atoms with Crippen molar-refractivity contribution in [1.29, 1.82) is 0 Å². The molecule has 5 atom stereocenters. The van der Waals surface area contributed by atoms with Gasteiger partial charge in [0.2, 0.25) is 11.8 Å². The van der Waals surface area contributed by atoms with Crippen LogP contribution in [0, 0.1) is 10.8 Å². The Hall–Kier alpha value is -2.70. The molecule has 3 aliphatic rings. The SMILES string of the molecule is CN1CC(F)CNC1C(C(=O)Nc1cnccc1N1CC(=O)N2CCCC2C1)C(N)N=O. The molecule has 174 valence electrons. The smallest absolute Gasteiger partial charge is 0.242 e. The zero-order chi connectivity index (χ0) is 22.8. The van der Waals surface area contributed by atoms with E-state index >= 15 is 0 Å². The van der Waals surface area contributed by atoms with Crippen molar-refractivity contribution in [3.63, 3.8) is 0 Å². The first-order valence-corrected chi connectivity index (χ1v) is 10.8. The number of carbonyl (C=O) groups excluding carboxylic acids is 2. The summed E-state index contributed by atoms with van der Waals surface area (Å²) in [6.45, 7) is 1.84. The first-order valence-electron chi connectivity index (χ1n) is 10.8. The van der Waals surface area contributed by atoms with Gasteiger partial charge in [-0.2, -0.15) is 0 Å². The van der Waals surface area contributed by atoms with Crippen LogP contribution in [-0.2, 0) is 9.59 Å². The van der Waals surface area contributed by atoms with E-state index in [-0.39, 0.29) is 31.6 Å². The van der Waals surface area contributed by atoms with Crippen LogP contribution >= 0.6 is 0 Å². The van der Waals surface area contributed by atoms with Crippen LogP contribution in [0.3, 0.4) is 0 Å². The number of amides is 2. The Morgan fingerprint density at radius 1 is 1.44 bits per heavy atom. The van der Waals surface area contributed by atoms with Gasteiger partial charge in [0, 0.05) is 38.4 Å². The fraction of sp³-hybridized carbons (Fsp3) is 0.650. The Morgan fingerprint density at radius 3 is 3.00 bits per heavy atom. The Bertz CT molecular complexity index is 873. The third-order valence-corrected chi connectivity index (χ3v) is 6.49. The summed E-state index contributed by atoms with van der Waals surface area (Å²) in [5.74, 6) is -1.52. The van der Waals surface area contributed by atoms with Gasteiger partial charge < -0.3 is 20.9 Å². The minimum atomic E-state index is -1.32. The quantitative estimate of drug-likeness (QED) is 0.505. The summed E-state index contributed by atoms with van der Waals surface area (Å²) in [6, 6.07) is 1.90. The van der Waals surface area contributed by atoms with E-state index in [0.29, 0.717) is 17.9 Å². The molecule has 4 rings (SSSR count). The summed E-state index contributed by atoms with van der Waals surface area (Å²) in [5, 5.41) is 8.63. The molecular weight excluding hydrogens is 419 g/mol. The summed E-state index contributed by atoms with van der Waals surface area (Å²) in [5.41, 5.74) is 6.97. The topological polar surface area (TPSA) is 136 Å². The first-order chi connectivity index (χ1) is 15.4. The molecule has 1 aromatic rings. The molecule has 3 aliphatic heterocycles. The van der Waals surface area contributed by atoms with Crippen LogP contribution in [-0.4, -0.2) is 90.9 Å². The number of pyridine rings is 1. The number of nitrogens with zero attached hydrogens (tertiary/aromatic N) is 5. The van der Waals surface area contributed by atoms with Crippen molar-refractivity contribution in [3.05, 3.63) is 23.4 Å². The van der Waals surface area contributed by atoms with Gasteiger partial charge in [-0.3, -0.25) is 24.8 Å². The van der Waals surface area contributed by atoms with Crippen LogP contribution < -0.4 is 21.3 Å². The van der Waals surface area contributed by atoms with Crippen molar-refractivity contribution in [2.24, 2.45) is 16.8 Å². The second-order valence-electron chi connectivity index (χ2n) is 8.66. The molecule has 11 nitrogen and oxygen atoms in total. The van der Waals surface area contributed by atoms with Gasteiger partial charge in [-0.05, 0) is 26.0 Å². The molecule has 4 N–H and O–H groups in total. The maximum atomic E-state index is 13.7. The zero-order valence-corrected chi connectivity index (χ0v) is 18.0. The second-order valence-corrected chi connectivity index (χ2v) is 8.66. The van der Waals surface area contributed by atoms with Crippen molar-refractivity contribution in [2.45, 2.75) is 37.4 Å². The van der Waals surface area contributed by atoms with Crippen molar-refractivity contribution < 1.29 is 14.0 Å². The number of anilines is 2. The summed E-state index contributed by atoms with van der Waals surface area (Å²) >= 11 is 0. The van der Waals surface area contributed by atoms with Crippen molar-refractivity contribution >= 4 is 23.2 Å². The van der Waals surface area contributed by atoms with Crippen molar-refractivity contribution in [1.82, 2.24) is 20.1 Å². The Labute approximate surface area is 185 Å². The van der Waals surface area contributed by atoms with Gasteiger partial charge in [-0.1, -0.05) is 5.18 Å². The molecule has 1 aromatic heterocycles. The minimum absolute atomic E-state index is 0.0519. The van der Waals surface area contributed by atoms with Crippen LogP contribution in [0.5, 0.6) is 0 Å². The maximum absolute atomic E-state index is 13.7. The number of fused-ring (bicyclic) bond motifs is 1. The van der Waals surface area contributed by atoms with E-state index < -0.39 is 30.3 Å². The number of nitrogens with two attached hydrogens (primary N) is 1. The zero-order valence-electron chi connectivity index (χ0n) is 18.0. The predicted molar refractivity (Wildman–Crippen MR) is 116 cm³/mol. The molecule has 0 spiro atoms. The van der Waals surface area contributed by atoms with Gasteiger partial charge in [0.15, 0.2) is 6.17 Å². The fourth-order valence-corrected chi connectivity index (χ4v) is 4.93. The number of piperazine rings is 1. The standard InChI is InChI=1S/C20H29FN8O3/c1-27-9-12(21)7-24-19(27)17(18(22)26-32)20(31)25-14-8-23-5-4-15(14)28-10-13-3-2-6-29(13)16(30)11-28/h4-5,8,12-13,17-19,24H,2-3,6-7,9-11,22H2,1H3,(H,25,31). The largest absolute Gasteiger partial charge is 0.358 e. The summed E-state index contributed by atoms with van der Waals surface area (Å²) in [7, 11) is 1.66. The molecule has 12 heteroatoms. The van der Waals surface area contributed by atoms with Crippen LogP contribution in [0.25, 0.3) is 0 Å². The average Bonchev–Trinajstić information content (AvgIpc) is 3.25. The molecule has 0 saturated carbocycles. The van der Waals surface area contributed by atoms with E-state index in [4.69, 9.17) is 5.73 Å². The summed E-state index contributed by atoms with van der Waals surface area (Å²) < 4.78 is 13.7. The third kappa shape index (κ3) is 4.43. The summed E-state index contributed by atoms with van der Waals surface area (Å²) in [4.78, 5) is 46.6. The number of hydrogen-bond donors (Lipinski definition) is 3. The fourth-order valence-electron chi connectivity index (χ4n) is 4.93. The molecule has 0 aliphatic carbocycles. The highest BCUT2D eigenvalue weighted by molar-refractivity contribution is 5.97. The van der Waals surface area contributed by atoms with Crippen LogP contribution in [0.1, 0.15) is 12.8 Å². The number of halogens is 1. The van der Waals surface area contributed by atoms with Crippen LogP contribution in [0.4, 0.5) is 15.8 Å². The minimum Gasteiger partial charge on any atom is -0.358 e. The van der Waals surface area contributed by atoms with Gasteiger partial charge in [-0.25, -0.2) is 4.39 Å². The van der Waals surface area contributed by atoms with Crippen molar-refractivity contribution in [3.8, 4) is 0 Å². The highest BCUT2D eigenvalue weighted by Gasteiger charge is 2.41. The van der Waals surface area contributed by atoms with Gasteiger partial charge >= 0.3 is 0 Å². The number of rotatable bonds is 6. The third-order valence-electron chi connectivity index (χ3n) is 6.49. The van der Waals surface area contributed by atoms with E-state index in [9.17, 15) is 18.9 Å². The first kappa shape index (κ1) is 22.5. The number of alkyl halides is 1. The lowest BCUT2D eigenvalue weighted by Gasteiger charge is -2.40. The highest BCUT2D eigenvalue weighted by Crippen LogP contribution is 2.31. The van der Waals surface area contributed by atoms with E-state index in [2.05, 4.69) is 20.8 Å². The maximum Gasteiger partial charge on any atom is 0.242 e. The van der Waals surface area contributed by atoms with Gasteiger partial charge in [-0.15, -0.1) is 4.91 Å². The predicted octanol–water partition coefficient (Wildman–Crippen LogP) is -0.302. The Kier molecular flexibility index (Phi) is 6.63. The van der Waals surface area contributed by atoms with E-state index in [1.54, 1.807) is 24.2 Å². The highest BCUT2D eigenvalue weighted by atomic mass is 19.1. The van der Waals surface area contributed by atoms with Gasteiger partial charge in [0.1, 0.15) is 12.1 Å². The molecule has 0 aromatic carbocycles. The molecular formula is C20H29FN8O3. The van der Waals surface area contributed by atoms with Gasteiger partial charge in [0.25, 0.3) is 0 Å². The number of carbonyl (C=O) groups is 2. The molecule has 3 saturated heterocycles. The van der Waals surface area contributed by atoms with E-state index in [0.717, 1.165) is 19.4 Å². The number of nitroso groups, excluding NO2 is 1. The number of nitrogens with one attached hydrogen (secondary N) is 2. The molecule has 4 heterocycles. The molecule has 32 heavy (non-hydrogen) atoms. The molecule has 3 fully saturated rings. The van der Waals surface area contributed by atoms with E-state index in [1.165, 1.54) is 6.20 Å². The lowest BCUT2D eigenvalue weighted by molar-refractivity contribution is -0.132. The Balaban J connectivity index is 1.54. The number of hydrogen-bond acceptors (Lipinski definition) is 9. The van der Waals surface area contributed by atoms with Crippen LogP contribution in [0.15, 0.2) is 23.6 Å². The molecule has 2 amide bonds. The van der Waals surface area contributed by atoms with Crippen LogP contribution in [0.2, 0.25) is 0 Å². The normalized spacial score (nSPS) is 28.2. The monoisotopic (exact) mass is 448 g/mol. The van der Waals surface area contributed by atoms with Crippen molar-refractivity contribution in [2.75, 3.05) is 50.0 Å². The second kappa shape index (κ2) is 9.43. The van der Waals surface area contributed by atoms with Gasteiger partial charge in [0.05, 0.1) is 30.3 Å². The molecule has 0 bridgehead atoms. The lowest BCUT2D eigenvalue weighted by Crippen LogP contribution is -2.62. The summed E-state index contributed by atoms with van der Waals surface area (Å²) in [6.07, 6.45) is 1.98. The Morgan fingerprint density at radius 2 is 2.25 bits per heavy atom. The lowest BCUT2D eigenvalue weighted by atomic mass is 9.98. The molecule has 0 radical (unpaired) electrons. The average molecular weight is 449 g/mol. The number of aromatic nitrogens is 1. The van der Waals surface area contributed by atoms with E-state index in [1.807, 2.05) is 9.80 Å².